The maximum Gasteiger partial charge on any atom is 0.416 e. The van der Waals surface area contributed by atoms with Crippen LogP contribution in [0.2, 0.25) is 5.02 Å². The number of halogens is 4. The lowest BCUT2D eigenvalue weighted by molar-refractivity contribution is -0.137. The molecule has 0 amide bonds. The molecule has 0 spiro atoms. The molecule has 0 saturated heterocycles. The first-order chi connectivity index (χ1) is 9.43. The lowest BCUT2D eigenvalue weighted by Crippen LogP contribution is -2.03. The van der Waals surface area contributed by atoms with Crippen LogP contribution in [0.5, 0.6) is 0 Å². The second kappa shape index (κ2) is 4.56. The number of benzene rings is 2. The van der Waals surface area contributed by atoms with Crippen molar-refractivity contribution in [1.29, 1.82) is 0 Å². The van der Waals surface area contributed by atoms with Gasteiger partial charge in [-0.3, -0.25) is 0 Å². The number of alkyl halides is 3. The Morgan fingerprint density at radius 1 is 0.900 bits per heavy atom. The fraction of sp³-hybridized carbons (Fsp3) is 0.0667. The van der Waals surface area contributed by atoms with Gasteiger partial charge in [0, 0.05) is 21.6 Å². The van der Waals surface area contributed by atoms with Crippen molar-refractivity contribution < 1.29 is 13.2 Å². The number of rotatable bonds is 1. The lowest BCUT2D eigenvalue weighted by atomic mass is 10.1. The first kappa shape index (κ1) is 13.1. The minimum atomic E-state index is -4.33. The molecule has 1 N–H and O–H groups in total. The van der Waals surface area contributed by atoms with Gasteiger partial charge in [-0.1, -0.05) is 29.8 Å². The molecule has 3 aromatic rings. The van der Waals surface area contributed by atoms with Gasteiger partial charge in [-0.25, -0.2) is 0 Å². The molecule has 0 unspecified atom stereocenters. The van der Waals surface area contributed by atoms with Crippen molar-refractivity contribution in [2.75, 3.05) is 0 Å². The van der Waals surface area contributed by atoms with Crippen molar-refractivity contribution in [3.63, 3.8) is 0 Å². The zero-order valence-electron chi connectivity index (χ0n) is 10.1. The van der Waals surface area contributed by atoms with Crippen molar-refractivity contribution >= 4 is 22.5 Å². The van der Waals surface area contributed by atoms with Crippen molar-refractivity contribution in [3.8, 4) is 11.3 Å². The Bertz CT molecular complexity index is 757. The van der Waals surface area contributed by atoms with Crippen molar-refractivity contribution in [2.24, 2.45) is 0 Å². The van der Waals surface area contributed by atoms with E-state index in [2.05, 4.69) is 4.98 Å². The van der Waals surface area contributed by atoms with Crippen LogP contribution in [0.4, 0.5) is 13.2 Å². The van der Waals surface area contributed by atoms with Gasteiger partial charge in [0.05, 0.1) is 5.56 Å². The quantitative estimate of drug-likeness (QED) is 0.609. The van der Waals surface area contributed by atoms with Crippen LogP contribution in [-0.4, -0.2) is 4.98 Å². The molecule has 1 aromatic heterocycles. The Hall–Kier alpha value is -1.94. The molecule has 0 atom stereocenters. The van der Waals surface area contributed by atoms with E-state index in [-0.39, 0.29) is 0 Å². The molecule has 20 heavy (non-hydrogen) atoms. The zero-order valence-corrected chi connectivity index (χ0v) is 10.9. The van der Waals surface area contributed by atoms with Crippen LogP contribution in [0.1, 0.15) is 5.56 Å². The summed E-state index contributed by atoms with van der Waals surface area (Å²) in [6.07, 6.45) is -4.33. The molecule has 0 bridgehead atoms. The van der Waals surface area contributed by atoms with Crippen LogP contribution in [0.15, 0.2) is 48.5 Å². The summed E-state index contributed by atoms with van der Waals surface area (Å²) in [4.78, 5) is 3.00. The van der Waals surface area contributed by atoms with Gasteiger partial charge in [0.1, 0.15) is 0 Å². The van der Waals surface area contributed by atoms with E-state index in [9.17, 15) is 13.2 Å². The van der Waals surface area contributed by atoms with Gasteiger partial charge in [-0.15, -0.1) is 0 Å². The average molecular weight is 296 g/mol. The van der Waals surface area contributed by atoms with Crippen LogP contribution in [-0.2, 0) is 6.18 Å². The van der Waals surface area contributed by atoms with E-state index in [1.54, 1.807) is 12.1 Å². The third-order valence-electron chi connectivity index (χ3n) is 3.11. The van der Waals surface area contributed by atoms with Crippen molar-refractivity contribution in [3.05, 3.63) is 59.1 Å². The number of H-pyrrole nitrogens is 1. The van der Waals surface area contributed by atoms with Crippen LogP contribution in [0, 0.1) is 0 Å². The Labute approximate surface area is 118 Å². The SMILES string of the molecule is FC(F)(F)c1ccc2cc(-c3ccc(Cl)cc3)[nH]c2c1. The fourth-order valence-corrected chi connectivity index (χ4v) is 2.21. The monoisotopic (exact) mass is 295 g/mol. The van der Waals surface area contributed by atoms with E-state index in [1.165, 1.54) is 6.07 Å². The summed E-state index contributed by atoms with van der Waals surface area (Å²) < 4.78 is 38.0. The van der Waals surface area contributed by atoms with E-state index < -0.39 is 11.7 Å². The van der Waals surface area contributed by atoms with Gasteiger partial charge in [0.15, 0.2) is 0 Å². The number of hydrogen-bond donors (Lipinski definition) is 1. The Morgan fingerprint density at radius 3 is 2.25 bits per heavy atom. The third kappa shape index (κ3) is 2.39. The largest absolute Gasteiger partial charge is 0.416 e. The second-order valence-corrected chi connectivity index (χ2v) is 4.93. The molecule has 0 aliphatic heterocycles. The highest BCUT2D eigenvalue weighted by molar-refractivity contribution is 6.30. The minimum Gasteiger partial charge on any atom is -0.355 e. The summed E-state index contributed by atoms with van der Waals surface area (Å²) in [5, 5.41) is 1.35. The summed E-state index contributed by atoms with van der Waals surface area (Å²) >= 11 is 5.81. The summed E-state index contributed by atoms with van der Waals surface area (Å²) in [5.74, 6) is 0. The van der Waals surface area contributed by atoms with Gasteiger partial charge in [-0.2, -0.15) is 13.2 Å². The third-order valence-corrected chi connectivity index (χ3v) is 3.36. The van der Waals surface area contributed by atoms with E-state index in [0.717, 1.165) is 28.8 Å². The topological polar surface area (TPSA) is 15.8 Å². The van der Waals surface area contributed by atoms with Gasteiger partial charge in [0.25, 0.3) is 0 Å². The van der Waals surface area contributed by atoms with Gasteiger partial charge >= 0.3 is 6.18 Å². The maximum absolute atomic E-state index is 12.7. The molecule has 102 valence electrons. The van der Waals surface area contributed by atoms with E-state index in [1.807, 2.05) is 18.2 Å². The standard InChI is InChI=1S/C15H9ClF3N/c16-12-5-2-9(3-6-12)13-7-10-1-4-11(15(17,18)19)8-14(10)20-13/h1-8,20H. The number of nitrogens with one attached hydrogen (secondary N) is 1. The van der Waals surface area contributed by atoms with E-state index >= 15 is 0 Å². The van der Waals surface area contributed by atoms with Crippen LogP contribution in [0.3, 0.4) is 0 Å². The first-order valence-electron chi connectivity index (χ1n) is 5.89. The molecule has 5 heteroatoms. The summed E-state index contributed by atoms with van der Waals surface area (Å²) in [6.45, 7) is 0. The number of fused-ring (bicyclic) bond motifs is 1. The van der Waals surface area contributed by atoms with Crippen LogP contribution >= 0.6 is 11.6 Å². The number of aromatic amines is 1. The second-order valence-electron chi connectivity index (χ2n) is 4.49. The fourth-order valence-electron chi connectivity index (χ4n) is 2.09. The Balaban J connectivity index is 2.09. The minimum absolute atomic E-state index is 0.463. The first-order valence-corrected chi connectivity index (χ1v) is 6.27. The molecular formula is C15H9ClF3N. The van der Waals surface area contributed by atoms with E-state index in [0.29, 0.717) is 10.5 Å². The summed E-state index contributed by atoms with van der Waals surface area (Å²) in [6, 6.07) is 12.6. The van der Waals surface area contributed by atoms with Gasteiger partial charge < -0.3 is 4.98 Å². The summed E-state index contributed by atoms with van der Waals surface area (Å²) in [7, 11) is 0. The normalized spacial score (nSPS) is 12.0. The number of aromatic nitrogens is 1. The van der Waals surface area contributed by atoms with Crippen molar-refractivity contribution in [2.45, 2.75) is 6.18 Å². The highest BCUT2D eigenvalue weighted by Crippen LogP contribution is 2.32. The zero-order chi connectivity index (χ0) is 14.3. The molecular weight excluding hydrogens is 287 g/mol. The van der Waals surface area contributed by atoms with Gasteiger partial charge in [-0.05, 0) is 35.9 Å². The maximum atomic E-state index is 12.7. The van der Waals surface area contributed by atoms with Crippen molar-refractivity contribution in [1.82, 2.24) is 4.98 Å². The van der Waals surface area contributed by atoms with Crippen LogP contribution < -0.4 is 0 Å². The van der Waals surface area contributed by atoms with Gasteiger partial charge in [0.2, 0.25) is 0 Å². The smallest absolute Gasteiger partial charge is 0.355 e. The molecule has 1 heterocycles. The molecule has 0 aliphatic carbocycles. The predicted octanol–water partition coefficient (Wildman–Crippen LogP) is 5.51. The van der Waals surface area contributed by atoms with Crippen LogP contribution in [0.25, 0.3) is 22.2 Å². The Morgan fingerprint density at radius 2 is 1.60 bits per heavy atom. The molecule has 2 aromatic carbocycles. The molecule has 1 nitrogen and oxygen atoms in total. The Kier molecular flexibility index (Phi) is 2.98. The predicted molar refractivity (Wildman–Crippen MR) is 73.7 cm³/mol. The van der Waals surface area contributed by atoms with E-state index in [4.69, 9.17) is 11.6 Å². The molecule has 0 fully saturated rings. The highest BCUT2D eigenvalue weighted by Gasteiger charge is 2.30. The average Bonchev–Trinajstić information content (AvgIpc) is 2.81. The number of hydrogen-bond acceptors (Lipinski definition) is 0. The molecule has 3 rings (SSSR count). The highest BCUT2D eigenvalue weighted by atomic mass is 35.5. The summed E-state index contributed by atoms with van der Waals surface area (Å²) in [5.41, 5.74) is 1.44. The lowest BCUT2D eigenvalue weighted by Gasteiger charge is -2.05. The molecule has 0 aliphatic rings. The molecule has 0 radical (unpaired) electrons. The molecule has 0 saturated carbocycles.